The molecular weight excluding hydrogens is 293 g/mol. The highest BCUT2D eigenvalue weighted by Gasteiger charge is 2.17. The van der Waals surface area contributed by atoms with Crippen LogP contribution in [-0.4, -0.2) is 4.92 Å². The Labute approximate surface area is 122 Å². The smallest absolute Gasteiger partial charge is 0.336 e. The van der Waals surface area contributed by atoms with Crippen molar-refractivity contribution < 1.29 is 18.5 Å². The molecule has 3 aromatic rings. The first kappa shape index (κ1) is 13.7. The highest BCUT2D eigenvalue weighted by molar-refractivity contribution is 5.77. The van der Waals surface area contributed by atoms with E-state index in [0.717, 1.165) is 12.1 Å². The van der Waals surface area contributed by atoms with E-state index in [1.54, 1.807) is 18.2 Å². The van der Waals surface area contributed by atoms with Crippen molar-refractivity contribution in [2.75, 3.05) is 0 Å². The number of nitrogens with zero attached hydrogens (tertiary/aromatic N) is 1. The molecule has 0 N–H and O–H groups in total. The van der Waals surface area contributed by atoms with E-state index in [0.29, 0.717) is 5.39 Å². The van der Waals surface area contributed by atoms with Crippen molar-refractivity contribution in [3.05, 3.63) is 74.9 Å². The van der Waals surface area contributed by atoms with Gasteiger partial charge < -0.3 is 9.15 Å². The van der Waals surface area contributed by atoms with Gasteiger partial charge in [-0.25, -0.2) is 9.18 Å². The van der Waals surface area contributed by atoms with E-state index in [1.807, 2.05) is 0 Å². The highest BCUT2D eigenvalue weighted by Crippen LogP contribution is 2.32. The number of benzene rings is 2. The van der Waals surface area contributed by atoms with Crippen molar-refractivity contribution in [1.82, 2.24) is 0 Å². The average molecular weight is 301 g/mol. The lowest BCUT2D eigenvalue weighted by Crippen LogP contribution is -1.96. The maximum absolute atomic E-state index is 13.1. The lowest BCUT2D eigenvalue weighted by atomic mass is 10.2. The molecule has 0 aliphatic heterocycles. The van der Waals surface area contributed by atoms with Gasteiger partial charge in [0.15, 0.2) is 0 Å². The zero-order chi connectivity index (χ0) is 15.7. The lowest BCUT2D eigenvalue weighted by Gasteiger charge is -2.07. The van der Waals surface area contributed by atoms with Crippen molar-refractivity contribution in [3.8, 4) is 11.5 Å². The topological polar surface area (TPSA) is 82.6 Å². The molecule has 0 amide bonds. The molecule has 0 bridgehead atoms. The minimum Gasteiger partial charge on any atom is -0.450 e. The number of nitro benzene ring substituents is 1. The minimum absolute atomic E-state index is 0.107. The molecular formula is C15H8FNO5. The molecule has 7 heteroatoms. The number of hydrogen-bond donors (Lipinski definition) is 0. The average Bonchev–Trinajstić information content (AvgIpc) is 2.48. The van der Waals surface area contributed by atoms with Gasteiger partial charge in [-0.2, -0.15) is 0 Å². The molecule has 0 aliphatic carbocycles. The largest absolute Gasteiger partial charge is 0.450 e. The summed E-state index contributed by atoms with van der Waals surface area (Å²) in [6.07, 6.45) is 0. The van der Waals surface area contributed by atoms with Crippen LogP contribution in [0.25, 0.3) is 11.0 Å². The summed E-state index contributed by atoms with van der Waals surface area (Å²) in [5.41, 5.74) is -0.721. The van der Waals surface area contributed by atoms with Gasteiger partial charge in [0.05, 0.1) is 11.0 Å². The number of rotatable bonds is 3. The second kappa shape index (κ2) is 5.28. The standard InChI is InChI=1S/C15H8FNO5/c16-10-3-5-13(12(7-10)17(19)20)21-11-4-1-9-2-6-15(18)22-14(9)8-11/h1-8H. The molecule has 6 nitrogen and oxygen atoms in total. The van der Waals surface area contributed by atoms with Crippen LogP contribution in [0.4, 0.5) is 10.1 Å². The Bertz CT molecular complexity index is 935. The third-order valence-electron chi connectivity index (χ3n) is 2.94. The fraction of sp³-hybridized carbons (Fsp3) is 0. The number of hydrogen-bond acceptors (Lipinski definition) is 5. The van der Waals surface area contributed by atoms with Gasteiger partial charge in [-0.3, -0.25) is 10.1 Å². The Kier molecular flexibility index (Phi) is 3.30. The predicted molar refractivity (Wildman–Crippen MR) is 75.6 cm³/mol. The van der Waals surface area contributed by atoms with Crippen molar-refractivity contribution in [2.24, 2.45) is 0 Å². The second-order valence-corrected chi connectivity index (χ2v) is 4.43. The molecule has 22 heavy (non-hydrogen) atoms. The van der Waals surface area contributed by atoms with Crippen molar-refractivity contribution in [1.29, 1.82) is 0 Å². The minimum atomic E-state index is -0.737. The van der Waals surface area contributed by atoms with Crippen LogP contribution in [0.15, 0.2) is 57.7 Å². The maximum Gasteiger partial charge on any atom is 0.336 e. The van der Waals surface area contributed by atoms with Gasteiger partial charge in [-0.1, -0.05) is 0 Å². The molecule has 110 valence electrons. The first-order valence-electron chi connectivity index (χ1n) is 6.19. The monoisotopic (exact) mass is 301 g/mol. The first-order valence-corrected chi connectivity index (χ1v) is 6.19. The van der Waals surface area contributed by atoms with Crippen LogP contribution >= 0.6 is 0 Å². The molecule has 1 aromatic heterocycles. The van der Waals surface area contributed by atoms with E-state index >= 15 is 0 Å². The van der Waals surface area contributed by atoms with E-state index in [4.69, 9.17) is 9.15 Å². The molecule has 0 fully saturated rings. The maximum atomic E-state index is 13.1. The normalized spacial score (nSPS) is 10.6. The SMILES string of the molecule is O=c1ccc2ccc(Oc3ccc(F)cc3[N+](=O)[O-])cc2o1. The fourth-order valence-electron chi connectivity index (χ4n) is 1.95. The zero-order valence-electron chi connectivity index (χ0n) is 11.0. The Balaban J connectivity index is 2.03. The van der Waals surface area contributed by atoms with Crippen LogP contribution in [0.5, 0.6) is 11.5 Å². The quantitative estimate of drug-likeness (QED) is 0.419. The molecule has 0 radical (unpaired) electrons. The fourth-order valence-corrected chi connectivity index (χ4v) is 1.95. The molecule has 0 aliphatic rings. The Morgan fingerprint density at radius 2 is 1.86 bits per heavy atom. The third kappa shape index (κ3) is 2.64. The number of halogens is 1. The van der Waals surface area contributed by atoms with Crippen LogP contribution in [0.1, 0.15) is 0 Å². The molecule has 0 unspecified atom stereocenters. The van der Waals surface area contributed by atoms with Crippen molar-refractivity contribution in [2.45, 2.75) is 0 Å². The van der Waals surface area contributed by atoms with Gasteiger partial charge in [-0.15, -0.1) is 0 Å². The molecule has 0 spiro atoms. The highest BCUT2D eigenvalue weighted by atomic mass is 19.1. The summed E-state index contributed by atoms with van der Waals surface area (Å²) in [4.78, 5) is 21.4. The van der Waals surface area contributed by atoms with Crippen LogP contribution in [-0.2, 0) is 0 Å². The Morgan fingerprint density at radius 3 is 2.64 bits per heavy atom. The summed E-state index contributed by atoms with van der Waals surface area (Å²) in [5.74, 6) is -0.607. The number of fused-ring (bicyclic) bond motifs is 1. The molecule has 3 rings (SSSR count). The van der Waals surface area contributed by atoms with Gasteiger partial charge in [0.25, 0.3) is 0 Å². The lowest BCUT2D eigenvalue weighted by molar-refractivity contribution is -0.385. The van der Waals surface area contributed by atoms with Crippen LogP contribution in [0.2, 0.25) is 0 Å². The van der Waals surface area contributed by atoms with Gasteiger partial charge in [0.1, 0.15) is 17.1 Å². The van der Waals surface area contributed by atoms with Crippen LogP contribution in [0.3, 0.4) is 0 Å². The molecule has 0 saturated heterocycles. The van der Waals surface area contributed by atoms with Crippen molar-refractivity contribution in [3.63, 3.8) is 0 Å². The molecule has 0 atom stereocenters. The first-order chi connectivity index (χ1) is 10.5. The summed E-state index contributed by atoms with van der Waals surface area (Å²) < 4.78 is 23.5. The number of ether oxygens (including phenoxy) is 1. The predicted octanol–water partition coefficient (Wildman–Crippen LogP) is 3.63. The van der Waals surface area contributed by atoms with Gasteiger partial charge >= 0.3 is 11.3 Å². The van der Waals surface area contributed by atoms with E-state index in [1.165, 1.54) is 18.2 Å². The second-order valence-electron chi connectivity index (χ2n) is 4.43. The Morgan fingerprint density at radius 1 is 1.09 bits per heavy atom. The summed E-state index contributed by atoms with van der Waals surface area (Å²) in [7, 11) is 0. The van der Waals surface area contributed by atoms with Crippen LogP contribution < -0.4 is 10.4 Å². The van der Waals surface area contributed by atoms with Gasteiger partial charge in [0.2, 0.25) is 5.75 Å². The number of nitro groups is 1. The summed E-state index contributed by atoms with van der Waals surface area (Å²) >= 11 is 0. The Hall–Kier alpha value is -3.22. The molecule has 2 aromatic carbocycles. The van der Waals surface area contributed by atoms with E-state index in [2.05, 4.69) is 0 Å². The van der Waals surface area contributed by atoms with E-state index < -0.39 is 22.1 Å². The van der Waals surface area contributed by atoms with E-state index in [9.17, 15) is 19.3 Å². The summed E-state index contributed by atoms with van der Waals surface area (Å²) in [6, 6.07) is 10.5. The van der Waals surface area contributed by atoms with Gasteiger partial charge in [0, 0.05) is 17.5 Å². The van der Waals surface area contributed by atoms with Crippen molar-refractivity contribution >= 4 is 16.7 Å². The molecule has 1 heterocycles. The summed E-state index contributed by atoms with van der Waals surface area (Å²) in [5, 5.41) is 11.6. The van der Waals surface area contributed by atoms with E-state index in [-0.39, 0.29) is 17.1 Å². The van der Waals surface area contributed by atoms with Gasteiger partial charge in [-0.05, 0) is 30.3 Å². The zero-order valence-corrected chi connectivity index (χ0v) is 11.0. The summed E-state index contributed by atoms with van der Waals surface area (Å²) in [6.45, 7) is 0. The third-order valence-corrected chi connectivity index (χ3v) is 2.94. The molecule has 0 saturated carbocycles. The van der Waals surface area contributed by atoms with Crippen LogP contribution in [0, 0.1) is 15.9 Å².